The number of nitrogens with zero attached hydrogens (tertiary/aromatic N) is 1. The summed E-state index contributed by atoms with van der Waals surface area (Å²) in [7, 11) is -3.87. The zero-order chi connectivity index (χ0) is 18.4. The number of carbonyl (C=O) groups excluding carboxylic acids is 2. The number of hydrogen-bond donors (Lipinski definition) is 0. The Balaban J connectivity index is 2.97. The smallest absolute Gasteiger partial charge is 0.304 e. The van der Waals surface area contributed by atoms with Crippen molar-refractivity contribution in [3.63, 3.8) is 0 Å². The van der Waals surface area contributed by atoms with Crippen molar-refractivity contribution >= 4 is 28.4 Å². The Labute approximate surface area is 142 Å². The van der Waals surface area contributed by atoms with Crippen LogP contribution in [0, 0.1) is 5.92 Å². The summed E-state index contributed by atoms with van der Waals surface area (Å²) in [5, 5.41) is 0.0729. The van der Waals surface area contributed by atoms with Gasteiger partial charge < -0.3 is 13.7 Å². The van der Waals surface area contributed by atoms with Crippen molar-refractivity contribution in [1.82, 2.24) is 4.57 Å². The molecule has 0 aromatic rings. The van der Waals surface area contributed by atoms with E-state index >= 15 is 0 Å². The highest BCUT2D eigenvalue weighted by Crippen LogP contribution is 2.41. The van der Waals surface area contributed by atoms with Crippen LogP contribution in [-0.4, -0.2) is 45.3 Å². The van der Waals surface area contributed by atoms with Gasteiger partial charge >= 0.3 is 5.97 Å². The highest BCUT2D eigenvalue weighted by molar-refractivity contribution is 6.76. The van der Waals surface area contributed by atoms with E-state index < -0.39 is 22.8 Å². The summed E-state index contributed by atoms with van der Waals surface area (Å²) >= 11 is 0. The van der Waals surface area contributed by atoms with Crippen LogP contribution in [0.15, 0.2) is 0 Å². The Bertz CT molecular complexity index is 479. The van der Waals surface area contributed by atoms with E-state index in [1.165, 1.54) is 6.92 Å². The van der Waals surface area contributed by atoms with Crippen LogP contribution < -0.4 is 0 Å². The van der Waals surface area contributed by atoms with Crippen molar-refractivity contribution in [2.45, 2.75) is 84.7 Å². The second-order valence-corrected chi connectivity index (χ2v) is 18.6. The van der Waals surface area contributed by atoms with Gasteiger partial charge in [0.25, 0.3) is 0 Å². The summed E-state index contributed by atoms with van der Waals surface area (Å²) in [6.07, 6.45) is -0.730. The third kappa shape index (κ3) is 4.25. The maximum Gasteiger partial charge on any atom is 0.304 e. The molecule has 0 spiro atoms. The molecule has 0 radical (unpaired) electrons. The third-order valence-corrected chi connectivity index (χ3v) is 11.4. The van der Waals surface area contributed by atoms with Gasteiger partial charge in [-0.25, -0.2) is 0 Å². The van der Waals surface area contributed by atoms with Crippen LogP contribution in [0.1, 0.15) is 34.6 Å². The zero-order valence-electron chi connectivity index (χ0n) is 16.3. The van der Waals surface area contributed by atoms with E-state index in [9.17, 15) is 9.59 Å². The molecule has 1 heterocycles. The molecule has 1 fully saturated rings. The Morgan fingerprint density at radius 3 is 2.00 bits per heavy atom. The lowest BCUT2D eigenvalue weighted by molar-refractivity contribution is -0.192. The van der Waals surface area contributed by atoms with E-state index in [2.05, 4.69) is 53.5 Å². The summed E-state index contributed by atoms with van der Waals surface area (Å²) in [6.45, 7) is 20.4. The first kappa shape index (κ1) is 20.4. The minimum Gasteiger partial charge on any atom is -0.441 e. The number of amides is 1. The highest BCUT2D eigenvalue weighted by atomic mass is 28.4. The molecule has 23 heavy (non-hydrogen) atoms. The summed E-state index contributed by atoms with van der Waals surface area (Å²) in [6, 6.07) is 0. The van der Waals surface area contributed by atoms with Crippen molar-refractivity contribution < 1.29 is 18.8 Å². The van der Waals surface area contributed by atoms with Gasteiger partial charge in [0.1, 0.15) is 5.92 Å². The van der Waals surface area contributed by atoms with E-state index in [0.29, 0.717) is 0 Å². The largest absolute Gasteiger partial charge is 0.441 e. The van der Waals surface area contributed by atoms with E-state index in [1.54, 1.807) is 4.57 Å². The zero-order valence-corrected chi connectivity index (χ0v) is 18.3. The maximum atomic E-state index is 12.7. The van der Waals surface area contributed by atoms with Gasteiger partial charge in [0.15, 0.2) is 22.8 Å². The van der Waals surface area contributed by atoms with Crippen LogP contribution >= 0.6 is 0 Å². The molecule has 1 aliphatic rings. The van der Waals surface area contributed by atoms with Crippen molar-refractivity contribution in [2.75, 3.05) is 0 Å². The number of carbonyl (C=O) groups is 2. The van der Waals surface area contributed by atoms with Crippen molar-refractivity contribution in [1.29, 1.82) is 0 Å². The van der Waals surface area contributed by atoms with E-state index in [0.717, 1.165) is 0 Å². The number of rotatable bonds is 5. The number of ether oxygens (including phenoxy) is 1. The van der Waals surface area contributed by atoms with Crippen molar-refractivity contribution in [3.8, 4) is 0 Å². The molecule has 0 saturated carbocycles. The molecule has 0 N–H and O–H groups in total. The summed E-state index contributed by atoms with van der Waals surface area (Å²) in [5.41, 5.74) is 0. The molecule has 5 nitrogen and oxygen atoms in total. The van der Waals surface area contributed by atoms with Gasteiger partial charge in [-0.05, 0) is 25.1 Å². The Kier molecular flexibility index (Phi) is 5.61. The normalized spacial score (nSPS) is 24.3. The minimum absolute atomic E-state index is 0.0571. The molecule has 1 rings (SSSR count). The first-order valence-electron chi connectivity index (χ1n) is 8.28. The first-order chi connectivity index (χ1) is 10.1. The second kappa shape index (κ2) is 6.33. The molecule has 134 valence electrons. The molecule has 0 bridgehead atoms. The van der Waals surface area contributed by atoms with E-state index in [4.69, 9.17) is 9.16 Å². The average Bonchev–Trinajstić information content (AvgIpc) is 2.22. The molecule has 0 unspecified atom stereocenters. The highest BCUT2D eigenvalue weighted by Gasteiger charge is 2.57. The fourth-order valence-corrected chi connectivity index (χ4v) is 5.86. The standard InChI is InChI=1S/C16H33NO4Si2/c1-11(21-23(9,10)16(3,4)5)13-14(19)17(22(6,7)8)15(13)20-12(2)18/h11,13,15H,1-10H3/t11-,13-,15-/m1/s1. The molecule has 1 aliphatic heterocycles. The summed E-state index contributed by atoms with van der Waals surface area (Å²) in [5.74, 6) is -0.684. The average molecular weight is 360 g/mol. The molecule has 0 aliphatic carbocycles. The second-order valence-electron chi connectivity index (χ2n) is 8.99. The van der Waals surface area contributed by atoms with Crippen molar-refractivity contribution in [3.05, 3.63) is 0 Å². The van der Waals surface area contributed by atoms with Gasteiger partial charge in [-0.3, -0.25) is 9.59 Å². The van der Waals surface area contributed by atoms with Crippen LogP contribution in [0.2, 0.25) is 37.8 Å². The summed E-state index contributed by atoms with van der Waals surface area (Å²) in [4.78, 5) is 24.1. The SMILES string of the molecule is CC(=O)O[C@@H]1[C@H]([C@@H](C)O[Si](C)(C)C(C)(C)C)C(=O)N1[Si](C)(C)C. The molecule has 0 aromatic carbocycles. The predicted molar refractivity (Wildman–Crippen MR) is 97.0 cm³/mol. The molecule has 0 aromatic heterocycles. The monoisotopic (exact) mass is 359 g/mol. The number of esters is 1. The quantitative estimate of drug-likeness (QED) is 0.428. The Morgan fingerprint density at radius 1 is 1.17 bits per heavy atom. The van der Waals surface area contributed by atoms with Gasteiger partial charge in [-0.1, -0.05) is 40.4 Å². The lowest BCUT2D eigenvalue weighted by Crippen LogP contribution is -2.73. The predicted octanol–water partition coefficient (Wildman–Crippen LogP) is 3.58. The Morgan fingerprint density at radius 2 is 1.65 bits per heavy atom. The van der Waals surface area contributed by atoms with Crippen LogP contribution in [0.4, 0.5) is 0 Å². The van der Waals surface area contributed by atoms with Gasteiger partial charge in [-0.15, -0.1) is 0 Å². The lowest BCUT2D eigenvalue weighted by Gasteiger charge is -2.54. The van der Waals surface area contributed by atoms with E-state index in [1.807, 2.05) is 6.92 Å². The molecular weight excluding hydrogens is 326 g/mol. The minimum atomic E-state index is -1.98. The lowest BCUT2D eigenvalue weighted by atomic mass is 9.93. The third-order valence-electron chi connectivity index (χ3n) is 4.89. The van der Waals surface area contributed by atoms with Gasteiger partial charge in [0.2, 0.25) is 5.91 Å². The van der Waals surface area contributed by atoms with E-state index in [-0.39, 0.29) is 28.9 Å². The van der Waals surface area contributed by atoms with Gasteiger partial charge in [0, 0.05) is 6.92 Å². The maximum absolute atomic E-state index is 12.7. The van der Waals surface area contributed by atoms with Crippen LogP contribution in [-0.2, 0) is 18.8 Å². The molecule has 1 amide bonds. The Hall–Kier alpha value is -0.666. The molecule has 3 atom stereocenters. The molecular formula is C16H33NO4Si2. The first-order valence-corrected chi connectivity index (χ1v) is 14.6. The van der Waals surface area contributed by atoms with Crippen LogP contribution in [0.25, 0.3) is 0 Å². The topological polar surface area (TPSA) is 55.8 Å². The number of hydrogen-bond acceptors (Lipinski definition) is 4. The number of β-lactam (4-membered cyclic amide) rings is 1. The fourth-order valence-electron chi connectivity index (χ4n) is 2.64. The molecule has 1 saturated heterocycles. The van der Waals surface area contributed by atoms with Gasteiger partial charge in [0.05, 0.1) is 6.10 Å². The van der Waals surface area contributed by atoms with Gasteiger partial charge in [-0.2, -0.15) is 0 Å². The summed E-state index contributed by atoms with van der Waals surface area (Å²) < 4.78 is 13.6. The molecule has 7 heteroatoms. The van der Waals surface area contributed by atoms with Crippen LogP contribution in [0.3, 0.4) is 0 Å². The van der Waals surface area contributed by atoms with Crippen LogP contribution in [0.5, 0.6) is 0 Å². The van der Waals surface area contributed by atoms with Crippen molar-refractivity contribution in [2.24, 2.45) is 5.92 Å². The fraction of sp³-hybridized carbons (Fsp3) is 0.875.